The Labute approximate surface area is 97.4 Å². The molecule has 0 atom stereocenters. The van der Waals surface area contributed by atoms with Crippen LogP contribution in [-0.4, -0.2) is 14.5 Å². The molecule has 80 valence electrons. The van der Waals surface area contributed by atoms with E-state index in [2.05, 4.69) is 23.0 Å². The summed E-state index contributed by atoms with van der Waals surface area (Å²) in [4.78, 5) is 9.90. The Morgan fingerprint density at radius 2 is 2.12 bits per heavy atom. The first-order valence-electron chi connectivity index (χ1n) is 5.08. The molecule has 3 rings (SSSR count). The van der Waals surface area contributed by atoms with Gasteiger partial charge in [0.15, 0.2) is 0 Å². The highest BCUT2D eigenvalue weighted by molar-refractivity contribution is 7.22. The second kappa shape index (κ2) is 3.42. The SMILES string of the molecule is Cc1ccnc2cc(-c3nccn3C)sc12. The number of rotatable bonds is 1. The fourth-order valence-corrected chi connectivity index (χ4v) is 2.90. The third-order valence-corrected chi connectivity index (χ3v) is 3.91. The van der Waals surface area contributed by atoms with Gasteiger partial charge in [-0.15, -0.1) is 11.3 Å². The second-order valence-corrected chi connectivity index (χ2v) is 4.87. The van der Waals surface area contributed by atoms with E-state index in [0.717, 1.165) is 11.3 Å². The van der Waals surface area contributed by atoms with E-state index in [4.69, 9.17) is 0 Å². The molecule has 0 unspecified atom stereocenters. The molecule has 0 saturated carbocycles. The Morgan fingerprint density at radius 3 is 2.81 bits per heavy atom. The van der Waals surface area contributed by atoms with Crippen molar-refractivity contribution < 1.29 is 0 Å². The lowest BCUT2D eigenvalue weighted by Crippen LogP contribution is -1.87. The van der Waals surface area contributed by atoms with Gasteiger partial charge in [-0.2, -0.15) is 0 Å². The van der Waals surface area contributed by atoms with Gasteiger partial charge in [0.1, 0.15) is 5.82 Å². The highest BCUT2D eigenvalue weighted by atomic mass is 32.1. The molecule has 3 heterocycles. The zero-order valence-electron chi connectivity index (χ0n) is 9.14. The third-order valence-electron chi connectivity index (χ3n) is 2.65. The summed E-state index contributed by atoms with van der Waals surface area (Å²) in [6, 6.07) is 4.15. The number of hydrogen-bond donors (Lipinski definition) is 0. The molecule has 3 aromatic rings. The van der Waals surface area contributed by atoms with Gasteiger partial charge in [-0.25, -0.2) is 4.98 Å². The van der Waals surface area contributed by atoms with Crippen molar-refractivity contribution in [3.8, 4) is 10.7 Å². The Kier molecular flexibility index (Phi) is 2.04. The fraction of sp³-hybridized carbons (Fsp3) is 0.167. The van der Waals surface area contributed by atoms with Crippen molar-refractivity contribution in [1.29, 1.82) is 0 Å². The summed E-state index contributed by atoms with van der Waals surface area (Å²) in [7, 11) is 2.01. The Hall–Kier alpha value is -1.68. The fourth-order valence-electron chi connectivity index (χ4n) is 1.78. The van der Waals surface area contributed by atoms with Gasteiger partial charge in [0.25, 0.3) is 0 Å². The van der Waals surface area contributed by atoms with E-state index >= 15 is 0 Å². The van der Waals surface area contributed by atoms with Gasteiger partial charge in [0.05, 0.1) is 15.1 Å². The van der Waals surface area contributed by atoms with Crippen LogP contribution in [0.2, 0.25) is 0 Å². The van der Waals surface area contributed by atoms with Crippen LogP contribution < -0.4 is 0 Å². The van der Waals surface area contributed by atoms with E-state index in [0.29, 0.717) is 0 Å². The summed E-state index contributed by atoms with van der Waals surface area (Å²) in [6.45, 7) is 2.11. The lowest BCUT2D eigenvalue weighted by molar-refractivity contribution is 0.928. The molecule has 0 aromatic carbocycles. The van der Waals surface area contributed by atoms with Crippen LogP contribution >= 0.6 is 11.3 Å². The Morgan fingerprint density at radius 1 is 1.25 bits per heavy atom. The van der Waals surface area contributed by atoms with Crippen LogP contribution in [0.5, 0.6) is 0 Å². The summed E-state index contributed by atoms with van der Waals surface area (Å²) < 4.78 is 3.28. The minimum absolute atomic E-state index is 1.00. The van der Waals surface area contributed by atoms with Gasteiger partial charge in [-0.1, -0.05) is 0 Å². The molecule has 0 bridgehead atoms. The summed E-state index contributed by atoms with van der Waals surface area (Å²) >= 11 is 1.75. The maximum atomic E-state index is 4.38. The number of nitrogens with zero attached hydrogens (tertiary/aromatic N) is 3. The number of pyridine rings is 1. The smallest absolute Gasteiger partial charge is 0.149 e. The summed E-state index contributed by atoms with van der Waals surface area (Å²) in [5.41, 5.74) is 2.33. The van der Waals surface area contributed by atoms with Crippen LogP contribution in [0.15, 0.2) is 30.7 Å². The van der Waals surface area contributed by atoms with Crippen molar-refractivity contribution >= 4 is 21.6 Å². The molecule has 4 heteroatoms. The molecule has 0 saturated heterocycles. The molecule has 0 aliphatic heterocycles. The highest BCUT2D eigenvalue weighted by Gasteiger charge is 2.09. The number of imidazole rings is 1. The average Bonchev–Trinajstić information content (AvgIpc) is 2.84. The number of fused-ring (bicyclic) bond motifs is 1. The van der Waals surface area contributed by atoms with Crippen LogP contribution in [0.4, 0.5) is 0 Å². The van der Waals surface area contributed by atoms with Crippen LogP contribution in [0.25, 0.3) is 20.9 Å². The molecule has 0 spiro atoms. The predicted octanol–water partition coefficient (Wildman–Crippen LogP) is 3.01. The van der Waals surface area contributed by atoms with Gasteiger partial charge in [-0.05, 0) is 24.6 Å². The largest absolute Gasteiger partial charge is 0.333 e. The first-order valence-corrected chi connectivity index (χ1v) is 5.90. The zero-order valence-corrected chi connectivity index (χ0v) is 9.95. The molecular formula is C12H11N3S. The van der Waals surface area contributed by atoms with E-state index in [9.17, 15) is 0 Å². The van der Waals surface area contributed by atoms with Gasteiger partial charge in [-0.3, -0.25) is 4.98 Å². The Balaban J connectivity index is 2.27. The van der Waals surface area contributed by atoms with E-state index < -0.39 is 0 Å². The third kappa shape index (κ3) is 1.34. The van der Waals surface area contributed by atoms with E-state index in [1.807, 2.05) is 36.3 Å². The predicted molar refractivity (Wildman–Crippen MR) is 66.6 cm³/mol. The first kappa shape index (κ1) is 9.54. The minimum atomic E-state index is 1.00. The summed E-state index contributed by atoms with van der Waals surface area (Å²) in [5.74, 6) is 1.00. The quantitative estimate of drug-likeness (QED) is 0.642. The van der Waals surface area contributed by atoms with Crippen molar-refractivity contribution in [1.82, 2.24) is 14.5 Å². The number of hydrogen-bond acceptors (Lipinski definition) is 3. The molecule has 16 heavy (non-hydrogen) atoms. The number of thiophene rings is 1. The van der Waals surface area contributed by atoms with Crippen molar-refractivity contribution in [2.75, 3.05) is 0 Å². The van der Waals surface area contributed by atoms with E-state index in [-0.39, 0.29) is 0 Å². The highest BCUT2D eigenvalue weighted by Crippen LogP contribution is 2.32. The van der Waals surface area contributed by atoms with Gasteiger partial charge in [0, 0.05) is 25.6 Å². The summed E-state index contributed by atoms with van der Waals surface area (Å²) in [5, 5.41) is 0. The average molecular weight is 229 g/mol. The lowest BCUT2D eigenvalue weighted by Gasteiger charge is -1.95. The van der Waals surface area contributed by atoms with E-state index in [1.165, 1.54) is 15.1 Å². The molecular weight excluding hydrogens is 218 g/mol. The topological polar surface area (TPSA) is 30.7 Å². The zero-order chi connectivity index (χ0) is 11.1. The number of aromatic nitrogens is 3. The van der Waals surface area contributed by atoms with Gasteiger partial charge in [0.2, 0.25) is 0 Å². The van der Waals surface area contributed by atoms with Crippen LogP contribution in [-0.2, 0) is 7.05 Å². The normalized spacial score (nSPS) is 11.1. The number of aryl methyl sites for hydroxylation is 2. The maximum absolute atomic E-state index is 4.38. The molecule has 0 fully saturated rings. The van der Waals surface area contributed by atoms with E-state index in [1.54, 1.807) is 11.3 Å². The maximum Gasteiger partial charge on any atom is 0.149 e. The second-order valence-electron chi connectivity index (χ2n) is 3.81. The van der Waals surface area contributed by atoms with Gasteiger partial charge < -0.3 is 4.57 Å². The molecule has 0 N–H and O–H groups in total. The molecule has 0 amide bonds. The van der Waals surface area contributed by atoms with Crippen molar-refractivity contribution in [2.45, 2.75) is 6.92 Å². The minimum Gasteiger partial charge on any atom is -0.333 e. The molecule has 0 radical (unpaired) electrons. The van der Waals surface area contributed by atoms with Crippen LogP contribution in [0, 0.1) is 6.92 Å². The van der Waals surface area contributed by atoms with Crippen LogP contribution in [0.1, 0.15) is 5.56 Å². The Bertz CT molecular complexity index is 651. The van der Waals surface area contributed by atoms with Crippen molar-refractivity contribution in [3.05, 3.63) is 36.3 Å². The standard InChI is InChI=1S/C12H11N3S/c1-8-3-4-13-9-7-10(16-11(8)9)12-14-5-6-15(12)2/h3-7H,1-2H3. The molecule has 3 nitrogen and oxygen atoms in total. The molecule has 0 aliphatic rings. The van der Waals surface area contributed by atoms with Crippen LogP contribution in [0.3, 0.4) is 0 Å². The lowest BCUT2D eigenvalue weighted by atomic mass is 10.2. The van der Waals surface area contributed by atoms with Crippen molar-refractivity contribution in [3.63, 3.8) is 0 Å². The van der Waals surface area contributed by atoms with Crippen molar-refractivity contribution in [2.24, 2.45) is 7.05 Å². The van der Waals surface area contributed by atoms with Gasteiger partial charge >= 0.3 is 0 Å². The first-order chi connectivity index (χ1) is 7.75. The molecule has 3 aromatic heterocycles. The summed E-state index contributed by atoms with van der Waals surface area (Å²) in [6.07, 6.45) is 5.63. The molecule has 0 aliphatic carbocycles. The monoisotopic (exact) mass is 229 g/mol.